The summed E-state index contributed by atoms with van der Waals surface area (Å²) in [6.45, 7) is 2.89. The zero-order valence-electron chi connectivity index (χ0n) is 14.7. The minimum atomic E-state index is -0.977. The van der Waals surface area contributed by atoms with Crippen molar-refractivity contribution in [2.45, 2.75) is 26.4 Å². The molecule has 0 unspecified atom stereocenters. The van der Waals surface area contributed by atoms with Gasteiger partial charge < -0.3 is 15.4 Å². The van der Waals surface area contributed by atoms with E-state index in [4.69, 9.17) is 27.9 Å². The Morgan fingerprint density at radius 2 is 1.56 bits per heavy atom. The van der Waals surface area contributed by atoms with Crippen molar-refractivity contribution in [3.05, 3.63) is 58.1 Å². The molecule has 0 aliphatic heterocycles. The third kappa shape index (κ3) is 6.58. The summed E-state index contributed by atoms with van der Waals surface area (Å²) in [5.41, 5.74) is 1.76. The Labute approximate surface area is 166 Å². The number of anilines is 2. The van der Waals surface area contributed by atoms with E-state index in [0.717, 1.165) is 0 Å². The standard InChI is InChI=1S/C19H18Cl2N2O4/c1-11(27-18(25)10-13-3-8-16(20)17(21)9-13)19(26)23-15-6-4-14(5-7-15)22-12(2)24/h3-9,11H,10H2,1-2H3,(H,22,24)(H,23,26)/t11-/m0/s1. The Balaban J connectivity index is 1.87. The van der Waals surface area contributed by atoms with Crippen molar-refractivity contribution in [1.82, 2.24) is 0 Å². The number of halogens is 2. The molecule has 0 saturated heterocycles. The molecule has 0 aliphatic rings. The van der Waals surface area contributed by atoms with Gasteiger partial charge in [0.2, 0.25) is 5.91 Å². The van der Waals surface area contributed by atoms with E-state index in [9.17, 15) is 14.4 Å². The molecule has 6 nitrogen and oxygen atoms in total. The molecule has 142 valence electrons. The van der Waals surface area contributed by atoms with Crippen LogP contribution in [-0.4, -0.2) is 23.9 Å². The highest BCUT2D eigenvalue weighted by Crippen LogP contribution is 2.23. The first-order valence-corrected chi connectivity index (χ1v) is 8.82. The van der Waals surface area contributed by atoms with E-state index < -0.39 is 18.0 Å². The highest BCUT2D eigenvalue weighted by Gasteiger charge is 2.18. The number of hydrogen-bond acceptors (Lipinski definition) is 4. The van der Waals surface area contributed by atoms with Crippen molar-refractivity contribution in [3.8, 4) is 0 Å². The van der Waals surface area contributed by atoms with E-state index in [-0.39, 0.29) is 12.3 Å². The second-order valence-electron chi connectivity index (χ2n) is 5.81. The third-order valence-electron chi connectivity index (χ3n) is 3.48. The number of hydrogen-bond donors (Lipinski definition) is 2. The Morgan fingerprint density at radius 3 is 2.11 bits per heavy atom. The van der Waals surface area contributed by atoms with E-state index in [2.05, 4.69) is 10.6 Å². The topological polar surface area (TPSA) is 84.5 Å². The molecular weight excluding hydrogens is 391 g/mol. The van der Waals surface area contributed by atoms with E-state index in [1.165, 1.54) is 13.8 Å². The molecule has 8 heteroatoms. The molecule has 0 aliphatic carbocycles. The van der Waals surface area contributed by atoms with E-state index in [0.29, 0.717) is 27.0 Å². The van der Waals surface area contributed by atoms with Crippen LogP contribution in [0.4, 0.5) is 11.4 Å². The molecule has 2 N–H and O–H groups in total. The summed E-state index contributed by atoms with van der Waals surface area (Å²) in [6.07, 6.45) is -1.00. The Bertz CT molecular complexity index is 853. The number of rotatable bonds is 6. The highest BCUT2D eigenvalue weighted by molar-refractivity contribution is 6.42. The van der Waals surface area contributed by atoms with Gasteiger partial charge in [-0.15, -0.1) is 0 Å². The number of amides is 2. The van der Waals surface area contributed by atoms with Crippen molar-refractivity contribution in [1.29, 1.82) is 0 Å². The first-order chi connectivity index (χ1) is 12.7. The fourth-order valence-corrected chi connectivity index (χ4v) is 2.51. The summed E-state index contributed by atoms with van der Waals surface area (Å²) in [5.74, 6) is -1.21. The SMILES string of the molecule is CC(=O)Nc1ccc(NC(=O)[C@H](C)OC(=O)Cc2ccc(Cl)c(Cl)c2)cc1. The molecule has 0 bridgehead atoms. The lowest BCUT2D eigenvalue weighted by molar-refractivity contribution is -0.152. The summed E-state index contributed by atoms with van der Waals surface area (Å²) in [4.78, 5) is 35.2. The number of esters is 1. The first-order valence-electron chi connectivity index (χ1n) is 8.06. The average molecular weight is 409 g/mol. The molecule has 2 aromatic carbocycles. The Hall–Kier alpha value is -2.57. The van der Waals surface area contributed by atoms with Crippen LogP contribution >= 0.6 is 23.2 Å². The van der Waals surface area contributed by atoms with Gasteiger partial charge in [-0.2, -0.15) is 0 Å². The number of carbonyl (C=O) groups is 3. The number of nitrogens with one attached hydrogen (secondary N) is 2. The van der Waals surface area contributed by atoms with Crippen molar-refractivity contribution < 1.29 is 19.1 Å². The number of benzene rings is 2. The van der Waals surface area contributed by atoms with Gasteiger partial charge in [0.1, 0.15) is 0 Å². The van der Waals surface area contributed by atoms with Gasteiger partial charge in [-0.05, 0) is 48.9 Å². The van der Waals surface area contributed by atoms with Crippen LogP contribution in [0.3, 0.4) is 0 Å². The quantitative estimate of drug-likeness (QED) is 0.705. The molecule has 2 aromatic rings. The van der Waals surface area contributed by atoms with Crippen LogP contribution in [0, 0.1) is 0 Å². The van der Waals surface area contributed by atoms with Crippen LogP contribution < -0.4 is 10.6 Å². The number of carbonyl (C=O) groups excluding carboxylic acids is 3. The van der Waals surface area contributed by atoms with E-state index >= 15 is 0 Å². The van der Waals surface area contributed by atoms with Crippen LogP contribution in [0.25, 0.3) is 0 Å². The van der Waals surface area contributed by atoms with Crippen LogP contribution in [0.5, 0.6) is 0 Å². The van der Waals surface area contributed by atoms with Crippen molar-refractivity contribution in [3.63, 3.8) is 0 Å². The smallest absolute Gasteiger partial charge is 0.311 e. The molecule has 0 heterocycles. The van der Waals surface area contributed by atoms with E-state index in [1.807, 2.05) is 0 Å². The molecule has 27 heavy (non-hydrogen) atoms. The van der Waals surface area contributed by atoms with Crippen LogP contribution in [0.15, 0.2) is 42.5 Å². The fraction of sp³-hybridized carbons (Fsp3) is 0.211. The lowest BCUT2D eigenvalue weighted by Gasteiger charge is -2.14. The molecule has 2 rings (SSSR count). The molecule has 1 atom stereocenters. The summed E-state index contributed by atoms with van der Waals surface area (Å²) in [5, 5.41) is 6.00. The number of ether oxygens (including phenoxy) is 1. The van der Waals surface area contributed by atoms with Gasteiger partial charge in [0.15, 0.2) is 6.10 Å². The third-order valence-corrected chi connectivity index (χ3v) is 4.22. The zero-order valence-corrected chi connectivity index (χ0v) is 16.2. The minimum Gasteiger partial charge on any atom is -0.452 e. The lowest BCUT2D eigenvalue weighted by Crippen LogP contribution is -2.30. The second kappa shape index (κ2) is 9.39. The highest BCUT2D eigenvalue weighted by atomic mass is 35.5. The lowest BCUT2D eigenvalue weighted by atomic mass is 10.1. The summed E-state index contributed by atoms with van der Waals surface area (Å²) in [7, 11) is 0. The first kappa shape index (κ1) is 20.7. The van der Waals surface area contributed by atoms with Crippen LogP contribution in [-0.2, 0) is 25.5 Å². The summed E-state index contributed by atoms with van der Waals surface area (Å²) in [6, 6.07) is 11.4. The van der Waals surface area contributed by atoms with Gasteiger partial charge in [0.25, 0.3) is 5.91 Å². The largest absolute Gasteiger partial charge is 0.452 e. The molecular formula is C19H18Cl2N2O4. The molecule has 2 amide bonds. The monoisotopic (exact) mass is 408 g/mol. The molecule has 0 fully saturated rings. The van der Waals surface area contributed by atoms with Crippen LogP contribution in [0.2, 0.25) is 10.0 Å². The Kier molecular flexibility index (Phi) is 7.21. The zero-order chi connectivity index (χ0) is 20.0. The van der Waals surface area contributed by atoms with Crippen LogP contribution in [0.1, 0.15) is 19.4 Å². The van der Waals surface area contributed by atoms with Gasteiger partial charge in [-0.25, -0.2) is 0 Å². The van der Waals surface area contributed by atoms with Crippen molar-refractivity contribution >= 4 is 52.4 Å². The normalized spacial score (nSPS) is 11.4. The Morgan fingerprint density at radius 1 is 0.963 bits per heavy atom. The summed E-state index contributed by atoms with van der Waals surface area (Å²) >= 11 is 11.7. The predicted octanol–water partition coefficient (Wildman–Crippen LogP) is 4.06. The van der Waals surface area contributed by atoms with Gasteiger partial charge in [-0.1, -0.05) is 29.3 Å². The van der Waals surface area contributed by atoms with Gasteiger partial charge in [-0.3, -0.25) is 14.4 Å². The molecule has 0 aromatic heterocycles. The maximum absolute atomic E-state index is 12.2. The maximum atomic E-state index is 12.2. The minimum absolute atomic E-state index is 0.0279. The van der Waals surface area contributed by atoms with Crippen molar-refractivity contribution in [2.75, 3.05) is 10.6 Å². The van der Waals surface area contributed by atoms with Gasteiger partial charge in [0.05, 0.1) is 16.5 Å². The van der Waals surface area contributed by atoms with Crippen molar-refractivity contribution in [2.24, 2.45) is 0 Å². The van der Waals surface area contributed by atoms with Gasteiger partial charge in [0, 0.05) is 18.3 Å². The maximum Gasteiger partial charge on any atom is 0.311 e. The fourth-order valence-electron chi connectivity index (χ4n) is 2.19. The van der Waals surface area contributed by atoms with E-state index in [1.54, 1.807) is 42.5 Å². The molecule has 0 radical (unpaired) electrons. The summed E-state index contributed by atoms with van der Waals surface area (Å²) < 4.78 is 5.15. The predicted molar refractivity (Wildman–Crippen MR) is 105 cm³/mol. The average Bonchev–Trinajstić information content (AvgIpc) is 2.59. The molecule has 0 spiro atoms. The second-order valence-corrected chi connectivity index (χ2v) is 6.62. The molecule has 0 saturated carbocycles. The van der Waals surface area contributed by atoms with Gasteiger partial charge >= 0.3 is 5.97 Å².